The standard InChI is InChI=1S/C21H25NO2S/c23-17-8-13-6-7-16-21(14(13)9-18(17)24)15-10-19(25-20(15)11-22-16)12-4-2-1-3-5-12/h8-10,12,16,21-24H,1-7,11H2/t16-,21-/m1/s1. The van der Waals surface area contributed by atoms with E-state index in [0.29, 0.717) is 12.0 Å². The Bertz CT molecular complexity index is 806. The van der Waals surface area contributed by atoms with E-state index in [1.54, 1.807) is 17.0 Å². The lowest BCUT2D eigenvalue weighted by molar-refractivity contribution is 0.382. The first-order valence-electron chi connectivity index (χ1n) is 9.61. The summed E-state index contributed by atoms with van der Waals surface area (Å²) in [6.45, 7) is 0.979. The van der Waals surface area contributed by atoms with Crippen LogP contribution in [0.25, 0.3) is 0 Å². The van der Waals surface area contributed by atoms with Gasteiger partial charge in [-0.1, -0.05) is 19.3 Å². The summed E-state index contributed by atoms with van der Waals surface area (Å²) in [5.41, 5.74) is 3.87. The fourth-order valence-corrected chi connectivity index (χ4v) is 6.45. The van der Waals surface area contributed by atoms with Crippen molar-refractivity contribution in [3.8, 4) is 11.5 Å². The van der Waals surface area contributed by atoms with E-state index in [0.717, 1.165) is 25.3 Å². The highest BCUT2D eigenvalue weighted by atomic mass is 32.1. The topological polar surface area (TPSA) is 52.5 Å². The third-order valence-corrected chi connectivity index (χ3v) is 7.74. The Hall–Kier alpha value is -1.52. The van der Waals surface area contributed by atoms with Crippen LogP contribution in [0, 0.1) is 0 Å². The van der Waals surface area contributed by atoms with Crippen LogP contribution >= 0.6 is 11.3 Å². The van der Waals surface area contributed by atoms with Crippen molar-refractivity contribution in [1.29, 1.82) is 0 Å². The Morgan fingerprint density at radius 1 is 0.920 bits per heavy atom. The monoisotopic (exact) mass is 355 g/mol. The highest BCUT2D eigenvalue weighted by Crippen LogP contribution is 2.48. The van der Waals surface area contributed by atoms with Crippen molar-refractivity contribution in [3.63, 3.8) is 0 Å². The molecule has 2 atom stereocenters. The molecule has 3 N–H and O–H groups in total. The highest BCUT2D eigenvalue weighted by molar-refractivity contribution is 7.12. The summed E-state index contributed by atoms with van der Waals surface area (Å²) >= 11 is 2.01. The molecule has 0 amide bonds. The second-order valence-electron chi connectivity index (χ2n) is 7.91. The smallest absolute Gasteiger partial charge is 0.157 e. The van der Waals surface area contributed by atoms with Gasteiger partial charge in [-0.05, 0) is 66.5 Å². The van der Waals surface area contributed by atoms with Crippen LogP contribution in [0.15, 0.2) is 18.2 Å². The molecule has 1 saturated carbocycles. The minimum atomic E-state index is 0.00857. The molecule has 25 heavy (non-hydrogen) atoms. The van der Waals surface area contributed by atoms with Crippen molar-refractivity contribution in [2.45, 2.75) is 69.4 Å². The summed E-state index contributed by atoms with van der Waals surface area (Å²) in [6.07, 6.45) is 8.87. The summed E-state index contributed by atoms with van der Waals surface area (Å²) in [6, 6.07) is 6.49. The number of aryl methyl sites for hydroxylation is 1. The number of phenolic OH excluding ortho intramolecular Hbond substituents is 2. The Kier molecular flexibility index (Phi) is 3.79. The van der Waals surface area contributed by atoms with E-state index in [1.807, 2.05) is 11.3 Å². The molecule has 4 heteroatoms. The Morgan fingerprint density at radius 3 is 2.56 bits per heavy atom. The van der Waals surface area contributed by atoms with Gasteiger partial charge in [-0.25, -0.2) is 0 Å². The van der Waals surface area contributed by atoms with Gasteiger partial charge in [0.2, 0.25) is 0 Å². The molecular formula is C21H25NO2S. The van der Waals surface area contributed by atoms with E-state index >= 15 is 0 Å². The number of fused-ring (bicyclic) bond motifs is 5. The first-order chi connectivity index (χ1) is 12.2. The zero-order valence-corrected chi connectivity index (χ0v) is 15.2. The quantitative estimate of drug-likeness (QED) is 0.647. The molecule has 0 bridgehead atoms. The lowest BCUT2D eigenvalue weighted by Gasteiger charge is -2.38. The lowest BCUT2D eigenvalue weighted by atomic mass is 9.73. The summed E-state index contributed by atoms with van der Waals surface area (Å²) in [4.78, 5) is 3.05. The maximum atomic E-state index is 10.1. The zero-order chi connectivity index (χ0) is 17.0. The van der Waals surface area contributed by atoms with Crippen molar-refractivity contribution in [3.05, 3.63) is 44.6 Å². The lowest BCUT2D eigenvalue weighted by Crippen LogP contribution is -2.41. The van der Waals surface area contributed by atoms with Gasteiger partial charge in [0.25, 0.3) is 0 Å². The van der Waals surface area contributed by atoms with Crippen molar-refractivity contribution >= 4 is 11.3 Å². The molecule has 1 aromatic carbocycles. The van der Waals surface area contributed by atoms with Gasteiger partial charge in [0.15, 0.2) is 11.5 Å². The minimum Gasteiger partial charge on any atom is -0.504 e. The Labute approximate surface area is 152 Å². The molecule has 0 radical (unpaired) electrons. The van der Waals surface area contributed by atoms with Crippen LogP contribution < -0.4 is 5.32 Å². The number of aromatic hydroxyl groups is 2. The minimum absolute atomic E-state index is 0.00857. The van der Waals surface area contributed by atoms with E-state index in [1.165, 1.54) is 53.7 Å². The van der Waals surface area contributed by atoms with Crippen LogP contribution in [0.3, 0.4) is 0 Å². The predicted molar refractivity (Wildman–Crippen MR) is 101 cm³/mol. The molecule has 1 aliphatic heterocycles. The molecule has 3 aliphatic rings. The molecule has 1 fully saturated rings. The number of hydrogen-bond donors (Lipinski definition) is 3. The van der Waals surface area contributed by atoms with Crippen molar-refractivity contribution in [1.82, 2.24) is 5.32 Å². The van der Waals surface area contributed by atoms with Gasteiger partial charge in [0.05, 0.1) is 0 Å². The summed E-state index contributed by atoms with van der Waals surface area (Å²) in [5, 5.41) is 23.7. The number of rotatable bonds is 1. The number of thiophene rings is 1. The van der Waals surface area contributed by atoms with Crippen molar-refractivity contribution in [2.24, 2.45) is 0 Å². The SMILES string of the molecule is Oc1cc2c(cc1O)[C@@H]1c3cc(C4CCCCC4)sc3CN[C@@H]1CC2. The molecule has 0 spiro atoms. The average Bonchev–Trinajstić information content (AvgIpc) is 3.07. The fraction of sp³-hybridized carbons (Fsp3) is 0.524. The van der Waals surface area contributed by atoms with Gasteiger partial charge in [0, 0.05) is 28.3 Å². The van der Waals surface area contributed by atoms with Gasteiger partial charge in [-0.2, -0.15) is 0 Å². The number of hydrogen-bond acceptors (Lipinski definition) is 4. The second kappa shape index (κ2) is 6.03. The molecule has 1 aromatic heterocycles. The molecule has 0 saturated heterocycles. The fourth-order valence-electron chi connectivity index (χ4n) is 5.12. The summed E-state index contributed by atoms with van der Waals surface area (Å²) in [7, 11) is 0. The molecule has 3 nitrogen and oxygen atoms in total. The summed E-state index contributed by atoms with van der Waals surface area (Å²) in [5.74, 6) is 1.08. The molecule has 2 heterocycles. The summed E-state index contributed by atoms with van der Waals surface area (Å²) < 4.78 is 0. The third-order valence-electron chi connectivity index (χ3n) is 6.43. The van der Waals surface area contributed by atoms with E-state index in [4.69, 9.17) is 0 Å². The van der Waals surface area contributed by atoms with Crippen LogP contribution in [0.4, 0.5) is 0 Å². The predicted octanol–water partition coefficient (Wildman–Crippen LogP) is 4.76. The van der Waals surface area contributed by atoms with Gasteiger partial charge in [-0.3, -0.25) is 0 Å². The average molecular weight is 356 g/mol. The molecular weight excluding hydrogens is 330 g/mol. The number of nitrogens with one attached hydrogen (secondary N) is 1. The number of phenols is 2. The third kappa shape index (κ3) is 2.58. The first kappa shape index (κ1) is 15.7. The molecule has 5 rings (SSSR count). The van der Waals surface area contributed by atoms with Crippen molar-refractivity contribution < 1.29 is 10.2 Å². The highest BCUT2D eigenvalue weighted by Gasteiger charge is 2.37. The Balaban J connectivity index is 1.57. The number of benzene rings is 1. The van der Waals surface area contributed by atoms with Crippen LogP contribution in [-0.4, -0.2) is 16.3 Å². The molecule has 0 unspecified atom stereocenters. The van der Waals surface area contributed by atoms with Crippen LogP contribution in [0.2, 0.25) is 0 Å². The largest absolute Gasteiger partial charge is 0.504 e. The van der Waals surface area contributed by atoms with Crippen molar-refractivity contribution in [2.75, 3.05) is 0 Å². The first-order valence-corrected chi connectivity index (χ1v) is 10.4. The van der Waals surface area contributed by atoms with E-state index in [9.17, 15) is 10.2 Å². The van der Waals surface area contributed by atoms with Crippen LogP contribution in [-0.2, 0) is 13.0 Å². The second-order valence-corrected chi connectivity index (χ2v) is 9.07. The molecule has 2 aliphatic carbocycles. The Morgan fingerprint density at radius 2 is 1.72 bits per heavy atom. The van der Waals surface area contributed by atoms with Gasteiger partial charge >= 0.3 is 0 Å². The van der Waals surface area contributed by atoms with Crippen LogP contribution in [0.1, 0.15) is 76.8 Å². The van der Waals surface area contributed by atoms with E-state index in [2.05, 4.69) is 11.4 Å². The van der Waals surface area contributed by atoms with Crippen LogP contribution in [0.5, 0.6) is 11.5 Å². The molecule has 2 aromatic rings. The van der Waals surface area contributed by atoms with Gasteiger partial charge < -0.3 is 15.5 Å². The maximum Gasteiger partial charge on any atom is 0.157 e. The molecule has 132 valence electrons. The van der Waals surface area contributed by atoms with Gasteiger partial charge in [0.1, 0.15) is 0 Å². The van der Waals surface area contributed by atoms with Gasteiger partial charge in [-0.15, -0.1) is 11.3 Å². The normalized spacial score (nSPS) is 25.9. The van der Waals surface area contributed by atoms with E-state index < -0.39 is 0 Å². The maximum absolute atomic E-state index is 10.1. The van der Waals surface area contributed by atoms with E-state index in [-0.39, 0.29) is 11.5 Å². The zero-order valence-electron chi connectivity index (χ0n) is 14.4.